The molecule has 0 aromatic carbocycles. The number of nitrogens with zero attached hydrogens (tertiary/aromatic N) is 2. The third-order valence-corrected chi connectivity index (χ3v) is 7.26. The van der Waals surface area contributed by atoms with Gasteiger partial charge in [0.25, 0.3) is 5.91 Å². The van der Waals surface area contributed by atoms with Crippen LogP contribution in [0.2, 0.25) is 0 Å². The standard InChI is InChI=1S/C29H37F3N4O3/c1-5-19(29(3,4)39)13-24(32)22(14-30)27-23(31)6-7-25(35-27)28(38)36-26-15-34-9-8-21(26)18-10-17(16(2)37)11-20(33)12-18/h6-9,13,15-18,20,37,39H,5,10-12,14,33H2,1-4H3,(H,36,38)/b19-13+,24-22-/t16?,17-,18+,20-/m0/s1. The number of anilines is 1. The van der Waals surface area contributed by atoms with Crippen LogP contribution in [0, 0.1) is 11.7 Å². The Morgan fingerprint density at radius 2 is 2.00 bits per heavy atom. The molecule has 1 aliphatic rings. The van der Waals surface area contributed by atoms with Crippen molar-refractivity contribution in [3.05, 3.63) is 70.8 Å². The minimum absolute atomic E-state index is 0.0104. The first kappa shape index (κ1) is 30.5. The van der Waals surface area contributed by atoms with Gasteiger partial charge in [-0.1, -0.05) is 6.92 Å². The number of carbonyl (C=O) groups excluding carboxylic acids is 1. The summed E-state index contributed by atoms with van der Waals surface area (Å²) in [5.41, 5.74) is 4.83. The minimum Gasteiger partial charge on any atom is -0.393 e. The number of amides is 1. The Balaban J connectivity index is 1.93. The zero-order chi connectivity index (χ0) is 28.9. The van der Waals surface area contributed by atoms with Crippen LogP contribution in [-0.4, -0.2) is 50.5 Å². The molecule has 0 aliphatic heterocycles. The lowest BCUT2D eigenvalue weighted by molar-refractivity contribution is 0.0886. The van der Waals surface area contributed by atoms with Gasteiger partial charge in [-0.3, -0.25) is 9.78 Å². The van der Waals surface area contributed by atoms with Gasteiger partial charge in [0.1, 0.15) is 29.7 Å². The SMILES string of the molecule is CC/C(=C\C(F)=C(/CF)c1nc(C(=O)Nc2cnccc2[C@H]2C[C@@H](N)C[C@@H](C(C)O)C2)ccc1F)C(C)(C)O. The van der Waals surface area contributed by atoms with Gasteiger partial charge in [-0.2, -0.15) is 0 Å². The highest BCUT2D eigenvalue weighted by Gasteiger charge is 2.32. The number of aromatic nitrogens is 2. The number of nitrogens with one attached hydrogen (secondary N) is 1. The highest BCUT2D eigenvalue weighted by molar-refractivity contribution is 6.03. The third kappa shape index (κ3) is 7.52. The van der Waals surface area contributed by atoms with Crippen LogP contribution in [0.3, 0.4) is 0 Å². The number of hydrogen-bond donors (Lipinski definition) is 4. The molecule has 0 radical (unpaired) electrons. The quantitative estimate of drug-likeness (QED) is 0.320. The number of hydrogen-bond acceptors (Lipinski definition) is 6. The predicted molar refractivity (Wildman–Crippen MR) is 145 cm³/mol. The van der Waals surface area contributed by atoms with Gasteiger partial charge in [0.2, 0.25) is 0 Å². The van der Waals surface area contributed by atoms with Crippen LogP contribution in [0.15, 0.2) is 48.1 Å². The molecule has 10 heteroatoms. The molecule has 3 rings (SSSR count). The zero-order valence-electron chi connectivity index (χ0n) is 22.7. The second-order valence-corrected chi connectivity index (χ2v) is 10.7. The number of halogens is 3. The fourth-order valence-corrected chi connectivity index (χ4v) is 5.08. The zero-order valence-corrected chi connectivity index (χ0v) is 22.7. The summed E-state index contributed by atoms with van der Waals surface area (Å²) in [6.07, 6.45) is 5.86. The van der Waals surface area contributed by atoms with Crippen LogP contribution in [0.5, 0.6) is 0 Å². The lowest BCUT2D eigenvalue weighted by Crippen LogP contribution is -2.36. The van der Waals surface area contributed by atoms with Crippen molar-refractivity contribution in [1.29, 1.82) is 0 Å². The van der Waals surface area contributed by atoms with E-state index in [4.69, 9.17) is 5.73 Å². The maximum atomic E-state index is 15.1. The van der Waals surface area contributed by atoms with Gasteiger partial charge in [-0.15, -0.1) is 0 Å². The normalized spacial score (nSPS) is 21.8. The molecule has 1 fully saturated rings. The number of carbonyl (C=O) groups is 1. The summed E-state index contributed by atoms with van der Waals surface area (Å²) in [6, 6.07) is 3.72. The van der Waals surface area contributed by atoms with E-state index in [1.54, 1.807) is 26.1 Å². The predicted octanol–water partition coefficient (Wildman–Crippen LogP) is 5.22. The lowest BCUT2D eigenvalue weighted by Gasteiger charge is -2.35. The van der Waals surface area contributed by atoms with Gasteiger partial charge >= 0.3 is 0 Å². The molecule has 39 heavy (non-hydrogen) atoms. The second kappa shape index (κ2) is 12.8. The summed E-state index contributed by atoms with van der Waals surface area (Å²) >= 11 is 0. The van der Waals surface area contributed by atoms with Gasteiger partial charge in [0.15, 0.2) is 0 Å². The van der Waals surface area contributed by atoms with Crippen molar-refractivity contribution in [2.24, 2.45) is 11.7 Å². The average Bonchev–Trinajstić information content (AvgIpc) is 2.87. The fourth-order valence-electron chi connectivity index (χ4n) is 5.08. The molecule has 5 N–H and O–H groups in total. The second-order valence-electron chi connectivity index (χ2n) is 10.7. The van der Waals surface area contributed by atoms with Crippen molar-refractivity contribution < 1.29 is 28.2 Å². The van der Waals surface area contributed by atoms with Gasteiger partial charge in [0.05, 0.1) is 23.6 Å². The Labute approximate surface area is 227 Å². The fraction of sp³-hybridized carbons (Fsp3) is 0.483. The highest BCUT2D eigenvalue weighted by atomic mass is 19.1. The minimum atomic E-state index is -1.38. The van der Waals surface area contributed by atoms with E-state index in [0.29, 0.717) is 24.9 Å². The van der Waals surface area contributed by atoms with Gasteiger partial charge in [-0.25, -0.2) is 18.2 Å². The topological polar surface area (TPSA) is 121 Å². The third-order valence-electron chi connectivity index (χ3n) is 7.26. The molecule has 2 heterocycles. The van der Waals surface area contributed by atoms with Crippen LogP contribution in [0.1, 0.15) is 81.0 Å². The van der Waals surface area contributed by atoms with Crippen molar-refractivity contribution in [3.8, 4) is 0 Å². The van der Waals surface area contributed by atoms with Crippen LogP contribution >= 0.6 is 0 Å². The van der Waals surface area contributed by atoms with Crippen LogP contribution in [0.25, 0.3) is 5.57 Å². The Kier molecular flexibility index (Phi) is 10.0. The number of rotatable bonds is 9. The van der Waals surface area contributed by atoms with Gasteiger partial charge in [0, 0.05) is 17.8 Å². The summed E-state index contributed by atoms with van der Waals surface area (Å²) in [5.74, 6) is -2.81. The van der Waals surface area contributed by atoms with E-state index in [2.05, 4.69) is 15.3 Å². The van der Waals surface area contributed by atoms with Crippen molar-refractivity contribution in [2.45, 2.75) is 77.0 Å². The molecule has 1 amide bonds. The van der Waals surface area contributed by atoms with Gasteiger partial charge in [-0.05, 0) is 93.7 Å². The molecule has 0 saturated heterocycles. The Morgan fingerprint density at radius 3 is 2.62 bits per heavy atom. The summed E-state index contributed by atoms with van der Waals surface area (Å²) in [6.45, 7) is 4.99. The number of aliphatic hydroxyl groups excluding tert-OH is 1. The molecule has 0 bridgehead atoms. The van der Waals surface area contributed by atoms with Crippen molar-refractivity contribution >= 4 is 17.2 Å². The number of alkyl halides is 1. The molecule has 212 valence electrons. The van der Waals surface area contributed by atoms with Crippen molar-refractivity contribution in [1.82, 2.24) is 9.97 Å². The maximum absolute atomic E-state index is 15.1. The summed E-state index contributed by atoms with van der Waals surface area (Å²) in [4.78, 5) is 21.2. The maximum Gasteiger partial charge on any atom is 0.274 e. The molecule has 1 aliphatic carbocycles. The molecule has 1 saturated carbocycles. The van der Waals surface area contributed by atoms with E-state index in [0.717, 1.165) is 23.8 Å². The number of aliphatic hydroxyl groups is 2. The monoisotopic (exact) mass is 546 g/mol. The highest BCUT2D eigenvalue weighted by Crippen LogP contribution is 2.39. The van der Waals surface area contributed by atoms with E-state index < -0.39 is 47.2 Å². The molecule has 0 spiro atoms. The van der Waals surface area contributed by atoms with Crippen molar-refractivity contribution in [2.75, 3.05) is 12.0 Å². The van der Waals surface area contributed by atoms with Crippen LogP contribution in [0.4, 0.5) is 18.9 Å². The van der Waals surface area contributed by atoms with Crippen LogP contribution < -0.4 is 11.1 Å². The summed E-state index contributed by atoms with van der Waals surface area (Å²) in [5, 5.41) is 23.1. The first-order valence-corrected chi connectivity index (χ1v) is 13.1. The lowest BCUT2D eigenvalue weighted by atomic mass is 9.74. The van der Waals surface area contributed by atoms with Crippen molar-refractivity contribution in [3.63, 3.8) is 0 Å². The molecular formula is C29H37F3N4O3. The molecule has 4 atom stereocenters. The van der Waals surface area contributed by atoms with E-state index in [1.807, 2.05) is 0 Å². The Hall–Kier alpha value is -3.08. The molecule has 7 nitrogen and oxygen atoms in total. The van der Waals surface area contributed by atoms with E-state index in [-0.39, 0.29) is 35.6 Å². The van der Waals surface area contributed by atoms with E-state index >= 15 is 4.39 Å². The Bertz CT molecular complexity index is 1240. The van der Waals surface area contributed by atoms with Gasteiger partial charge < -0.3 is 21.3 Å². The number of pyridine rings is 2. The average molecular weight is 547 g/mol. The molecule has 1 unspecified atom stereocenters. The first-order chi connectivity index (χ1) is 18.3. The molecular weight excluding hydrogens is 509 g/mol. The number of allylic oxidation sites excluding steroid dienone is 3. The Morgan fingerprint density at radius 1 is 1.28 bits per heavy atom. The smallest absolute Gasteiger partial charge is 0.274 e. The summed E-state index contributed by atoms with van der Waals surface area (Å²) in [7, 11) is 0. The summed E-state index contributed by atoms with van der Waals surface area (Å²) < 4.78 is 43.7. The number of nitrogens with two attached hydrogens (primary N) is 1. The largest absolute Gasteiger partial charge is 0.393 e. The molecule has 2 aromatic heterocycles. The first-order valence-electron chi connectivity index (χ1n) is 13.1. The van der Waals surface area contributed by atoms with E-state index in [9.17, 15) is 23.8 Å². The van der Waals surface area contributed by atoms with Crippen LogP contribution in [-0.2, 0) is 0 Å². The van der Waals surface area contributed by atoms with E-state index in [1.165, 1.54) is 20.0 Å². The molecule has 2 aromatic rings.